The predicted molar refractivity (Wildman–Crippen MR) is 91.7 cm³/mol. The second kappa shape index (κ2) is 8.01. The lowest BCUT2D eigenvalue weighted by Crippen LogP contribution is -2.46. The number of aryl methyl sites for hydroxylation is 2. The molecule has 1 atom stereocenters. The lowest BCUT2D eigenvalue weighted by molar-refractivity contribution is -0.156. The maximum Gasteiger partial charge on any atom is 0.337 e. The van der Waals surface area contributed by atoms with Crippen molar-refractivity contribution in [2.24, 2.45) is 0 Å². The third-order valence-corrected chi connectivity index (χ3v) is 3.94. The Morgan fingerprint density at radius 2 is 1.92 bits per heavy atom. The highest BCUT2D eigenvalue weighted by Gasteiger charge is 2.30. The Hall–Kier alpha value is -2.87. The fourth-order valence-electron chi connectivity index (χ4n) is 2.16. The summed E-state index contributed by atoms with van der Waals surface area (Å²) in [5, 5.41) is 24.7. The summed E-state index contributed by atoms with van der Waals surface area (Å²) < 4.78 is 10.8. The quantitative estimate of drug-likeness (QED) is 0.648. The molecule has 1 amide bonds. The third kappa shape index (κ3) is 5.06. The van der Waals surface area contributed by atoms with Crippen LogP contribution in [0.15, 0.2) is 28.8 Å². The Labute approximate surface area is 150 Å². The van der Waals surface area contributed by atoms with Crippen molar-refractivity contribution in [3.05, 3.63) is 46.8 Å². The van der Waals surface area contributed by atoms with Gasteiger partial charge in [0.15, 0.2) is 5.60 Å². The smallest absolute Gasteiger partial charge is 0.337 e. The van der Waals surface area contributed by atoms with Crippen molar-refractivity contribution in [1.82, 2.24) is 10.5 Å². The number of ether oxygens (including phenoxy) is 1. The molecule has 0 saturated heterocycles. The Balaban J connectivity index is 1.85. The number of nitrogens with one attached hydrogen (secondary N) is 1. The van der Waals surface area contributed by atoms with Gasteiger partial charge in [-0.15, -0.1) is 0 Å². The molecule has 0 aliphatic carbocycles. The first-order valence-electron chi connectivity index (χ1n) is 8.05. The Morgan fingerprint density at radius 1 is 1.27 bits per heavy atom. The molecule has 0 aliphatic heterocycles. The van der Waals surface area contributed by atoms with E-state index in [9.17, 15) is 14.7 Å². The van der Waals surface area contributed by atoms with E-state index in [4.69, 9.17) is 14.4 Å². The summed E-state index contributed by atoms with van der Waals surface area (Å²) in [5.41, 5.74) is 0.431. The van der Waals surface area contributed by atoms with Gasteiger partial charge in [-0.25, -0.2) is 4.79 Å². The monoisotopic (exact) mass is 362 g/mol. The van der Waals surface area contributed by atoms with Crippen LogP contribution in [0.2, 0.25) is 0 Å². The minimum Gasteiger partial charge on any atom is -0.489 e. The number of nitrogens with zero attached hydrogens (tertiary/aromatic N) is 1. The van der Waals surface area contributed by atoms with E-state index in [1.165, 1.54) is 0 Å². The first-order chi connectivity index (χ1) is 12.2. The van der Waals surface area contributed by atoms with Gasteiger partial charge in [-0.1, -0.05) is 17.3 Å². The van der Waals surface area contributed by atoms with E-state index in [1.807, 2.05) is 13.8 Å². The molecule has 0 radical (unpaired) electrons. The SMILES string of the molecule is Cc1noc(C)c1COc1ccc(CC(=O)NCC(C)(O)C(=O)O)cc1. The number of carbonyl (C=O) groups is 2. The van der Waals surface area contributed by atoms with E-state index < -0.39 is 11.6 Å². The van der Waals surface area contributed by atoms with E-state index in [2.05, 4.69) is 10.5 Å². The summed E-state index contributed by atoms with van der Waals surface area (Å²) in [5.74, 6) is -0.412. The van der Waals surface area contributed by atoms with Crippen LogP contribution in [0.4, 0.5) is 0 Å². The fraction of sp³-hybridized carbons (Fsp3) is 0.389. The molecule has 0 saturated carbocycles. The molecule has 0 fully saturated rings. The highest BCUT2D eigenvalue weighted by Crippen LogP contribution is 2.18. The number of amides is 1. The Bertz CT molecular complexity index is 760. The number of carboxylic acids is 1. The number of aliphatic carboxylic acids is 1. The van der Waals surface area contributed by atoms with Crippen molar-refractivity contribution in [3.63, 3.8) is 0 Å². The van der Waals surface area contributed by atoms with E-state index in [1.54, 1.807) is 24.3 Å². The van der Waals surface area contributed by atoms with Gasteiger partial charge in [0.1, 0.15) is 18.1 Å². The van der Waals surface area contributed by atoms with E-state index >= 15 is 0 Å². The Kier molecular flexibility index (Phi) is 5.99. The molecule has 26 heavy (non-hydrogen) atoms. The average Bonchev–Trinajstić information content (AvgIpc) is 2.91. The van der Waals surface area contributed by atoms with E-state index in [0.29, 0.717) is 18.1 Å². The number of benzene rings is 1. The number of carboxylic acid groups (broad SMARTS) is 1. The molecule has 8 heteroatoms. The normalized spacial score (nSPS) is 13.1. The van der Waals surface area contributed by atoms with Gasteiger partial charge in [-0.2, -0.15) is 0 Å². The van der Waals surface area contributed by atoms with Crippen LogP contribution in [0.3, 0.4) is 0 Å². The summed E-state index contributed by atoms with van der Waals surface area (Å²) in [6, 6.07) is 6.98. The maximum absolute atomic E-state index is 11.9. The largest absolute Gasteiger partial charge is 0.489 e. The Morgan fingerprint density at radius 3 is 2.46 bits per heavy atom. The summed E-state index contributed by atoms with van der Waals surface area (Å²) in [6.07, 6.45) is 0.0693. The van der Waals surface area contributed by atoms with Gasteiger partial charge < -0.3 is 24.8 Å². The van der Waals surface area contributed by atoms with Gasteiger partial charge in [-0.05, 0) is 38.5 Å². The zero-order valence-electron chi connectivity index (χ0n) is 14.9. The minimum atomic E-state index is -1.99. The molecule has 1 unspecified atom stereocenters. The van der Waals surface area contributed by atoms with Gasteiger partial charge in [0.05, 0.1) is 24.2 Å². The number of hydrogen-bond donors (Lipinski definition) is 3. The summed E-state index contributed by atoms with van der Waals surface area (Å²) in [7, 11) is 0. The number of aromatic nitrogens is 1. The highest BCUT2D eigenvalue weighted by atomic mass is 16.5. The molecule has 1 aromatic carbocycles. The van der Waals surface area contributed by atoms with Crippen LogP contribution < -0.4 is 10.1 Å². The first-order valence-corrected chi connectivity index (χ1v) is 8.05. The zero-order valence-corrected chi connectivity index (χ0v) is 14.9. The van der Waals surface area contributed by atoms with Crippen LogP contribution in [0.25, 0.3) is 0 Å². The average molecular weight is 362 g/mol. The van der Waals surface area contributed by atoms with Gasteiger partial charge in [0.2, 0.25) is 5.91 Å². The van der Waals surface area contributed by atoms with Crippen molar-refractivity contribution >= 4 is 11.9 Å². The summed E-state index contributed by atoms with van der Waals surface area (Å²) >= 11 is 0. The number of hydrogen-bond acceptors (Lipinski definition) is 6. The number of rotatable bonds is 8. The van der Waals surface area contributed by atoms with E-state index in [0.717, 1.165) is 23.7 Å². The van der Waals surface area contributed by atoms with Gasteiger partial charge in [0, 0.05) is 0 Å². The summed E-state index contributed by atoms with van der Waals surface area (Å²) in [6.45, 7) is 4.77. The van der Waals surface area contributed by atoms with Gasteiger partial charge in [-0.3, -0.25) is 4.79 Å². The van der Waals surface area contributed by atoms with Crippen molar-refractivity contribution in [2.45, 2.75) is 39.4 Å². The van der Waals surface area contributed by atoms with Crippen LogP contribution in [0.1, 0.15) is 29.5 Å². The molecular weight excluding hydrogens is 340 g/mol. The molecule has 1 aromatic heterocycles. The van der Waals surface area contributed by atoms with Gasteiger partial charge >= 0.3 is 5.97 Å². The molecule has 0 spiro atoms. The third-order valence-electron chi connectivity index (χ3n) is 3.94. The van der Waals surface area contributed by atoms with Gasteiger partial charge in [0.25, 0.3) is 0 Å². The molecule has 140 valence electrons. The van der Waals surface area contributed by atoms with Crippen LogP contribution in [0.5, 0.6) is 5.75 Å². The molecule has 8 nitrogen and oxygen atoms in total. The van der Waals surface area contributed by atoms with Crippen molar-refractivity contribution in [3.8, 4) is 5.75 Å². The van der Waals surface area contributed by atoms with Crippen molar-refractivity contribution in [2.75, 3.05) is 6.54 Å². The second-order valence-electron chi connectivity index (χ2n) is 6.27. The molecule has 0 aliphatic rings. The topological polar surface area (TPSA) is 122 Å². The van der Waals surface area contributed by atoms with Crippen LogP contribution in [-0.4, -0.2) is 39.4 Å². The molecule has 0 bridgehead atoms. The molecule has 3 N–H and O–H groups in total. The lowest BCUT2D eigenvalue weighted by Gasteiger charge is -2.18. The lowest BCUT2D eigenvalue weighted by atomic mass is 10.1. The first kappa shape index (κ1) is 19.5. The van der Waals surface area contributed by atoms with Crippen LogP contribution in [-0.2, 0) is 22.6 Å². The van der Waals surface area contributed by atoms with Crippen molar-refractivity contribution < 1.29 is 29.1 Å². The highest BCUT2D eigenvalue weighted by molar-refractivity contribution is 5.81. The maximum atomic E-state index is 11.9. The van der Waals surface area contributed by atoms with Crippen molar-refractivity contribution in [1.29, 1.82) is 0 Å². The predicted octanol–water partition coefficient (Wildman–Crippen LogP) is 1.36. The van der Waals surface area contributed by atoms with Crippen LogP contribution in [0, 0.1) is 13.8 Å². The molecule has 1 heterocycles. The zero-order chi connectivity index (χ0) is 19.3. The minimum absolute atomic E-state index is 0.0693. The molecular formula is C18H22N2O6. The van der Waals surface area contributed by atoms with E-state index in [-0.39, 0.29) is 18.9 Å². The molecule has 2 rings (SSSR count). The number of aliphatic hydroxyl groups is 1. The van der Waals surface area contributed by atoms with Crippen LogP contribution >= 0.6 is 0 Å². The molecule has 2 aromatic rings. The standard InChI is InChI=1S/C18H22N2O6/c1-11-15(12(2)26-20-11)9-25-14-6-4-13(5-7-14)8-16(21)19-10-18(3,24)17(22)23/h4-7,24H,8-10H2,1-3H3,(H,19,21)(H,22,23). The fourth-order valence-corrected chi connectivity index (χ4v) is 2.16. The summed E-state index contributed by atoms with van der Waals surface area (Å²) in [4.78, 5) is 22.7. The number of carbonyl (C=O) groups excluding carboxylic acids is 1. The second-order valence-corrected chi connectivity index (χ2v) is 6.27.